The lowest BCUT2D eigenvalue weighted by Gasteiger charge is -2.23. The van der Waals surface area contributed by atoms with Crippen molar-refractivity contribution in [3.05, 3.63) is 34.9 Å². The quantitative estimate of drug-likeness (QED) is 0.786. The second-order valence-electron chi connectivity index (χ2n) is 5.11. The molecule has 0 aliphatic heterocycles. The number of carbonyl (C=O) groups excluding carboxylic acids is 1. The van der Waals surface area contributed by atoms with Crippen LogP contribution in [0.5, 0.6) is 0 Å². The molecule has 3 heteroatoms. The molecule has 0 amide bonds. The molecule has 2 nitrogen and oxygen atoms in total. The van der Waals surface area contributed by atoms with Crippen molar-refractivity contribution >= 4 is 17.4 Å². The Balaban J connectivity index is 2.59. The first-order chi connectivity index (χ1) is 7.96. The van der Waals surface area contributed by atoms with Gasteiger partial charge in [0.15, 0.2) is 5.78 Å². The molecule has 0 atom stereocenters. The van der Waals surface area contributed by atoms with Gasteiger partial charge in [0, 0.05) is 12.0 Å². The van der Waals surface area contributed by atoms with Crippen molar-refractivity contribution in [3.8, 4) is 0 Å². The average molecular weight is 254 g/mol. The third-order valence-corrected chi connectivity index (χ3v) is 3.35. The van der Waals surface area contributed by atoms with Crippen LogP contribution < -0.4 is 5.73 Å². The zero-order valence-electron chi connectivity index (χ0n) is 10.5. The molecule has 0 fully saturated rings. The second kappa shape index (κ2) is 6.18. The molecule has 0 saturated carbocycles. The molecule has 0 bridgehead atoms. The molecule has 0 aliphatic rings. The smallest absolute Gasteiger partial charge is 0.164 e. The Morgan fingerprint density at radius 1 is 1.29 bits per heavy atom. The SMILES string of the molecule is CC(C)(CCN)CCC(=O)c1ccccc1Cl. The maximum absolute atomic E-state index is 12.0. The van der Waals surface area contributed by atoms with Crippen LogP contribution in [0.25, 0.3) is 0 Å². The lowest BCUT2D eigenvalue weighted by atomic mass is 9.83. The highest BCUT2D eigenvalue weighted by Crippen LogP contribution is 2.27. The van der Waals surface area contributed by atoms with Crippen LogP contribution >= 0.6 is 11.6 Å². The molecule has 0 heterocycles. The zero-order chi connectivity index (χ0) is 12.9. The van der Waals surface area contributed by atoms with E-state index >= 15 is 0 Å². The van der Waals surface area contributed by atoms with Gasteiger partial charge in [-0.3, -0.25) is 4.79 Å². The minimum Gasteiger partial charge on any atom is -0.330 e. The van der Waals surface area contributed by atoms with Crippen LogP contribution in [0.4, 0.5) is 0 Å². The molecule has 0 unspecified atom stereocenters. The summed E-state index contributed by atoms with van der Waals surface area (Å²) in [4.78, 5) is 12.0. The van der Waals surface area contributed by atoms with Gasteiger partial charge >= 0.3 is 0 Å². The van der Waals surface area contributed by atoms with Crippen LogP contribution in [-0.4, -0.2) is 12.3 Å². The Morgan fingerprint density at radius 2 is 1.94 bits per heavy atom. The van der Waals surface area contributed by atoms with Crippen LogP contribution in [0.1, 0.15) is 43.5 Å². The standard InChI is InChI=1S/C14H20ClNO/c1-14(2,9-10-16)8-7-13(17)11-5-3-4-6-12(11)15/h3-6H,7-10,16H2,1-2H3. The van der Waals surface area contributed by atoms with Gasteiger partial charge in [-0.2, -0.15) is 0 Å². The van der Waals surface area contributed by atoms with E-state index < -0.39 is 0 Å². The topological polar surface area (TPSA) is 43.1 Å². The Bertz CT molecular complexity index is 388. The molecule has 0 aromatic heterocycles. The fraction of sp³-hybridized carbons (Fsp3) is 0.500. The lowest BCUT2D eigenvalue weighted by Crippen LogP contribution is -2.18. The van der Waals surface area contributed by atoms with Crippen molar-refractivity contribution in [2.75, 3.05) is 6.54 Å². The van der Waals surface area contributed by atoms with E-state index in [4.69, 9.17) is 17.3 Å². The predicted octanol–water partition coefficient (Wildman–Crippen LogP) is 3.68. The van der Waals surface area contributed by atoms with Gasteiger partial charge in [-0.1, -0.05) is 37.6 Å². The molecule has 0 saturated heterocycles. The summed E-state index contributed by atoms with van der Waals surface area (Å²) in [5.74, 6) is 0.112. The third-order valence-electron chi connectivity index (χ3n) is 3.02. The number of halogens is 1. The molecule has 0 aliphatic carbocycles. The first-order valence-electron chi connectivity index (χ1n) is 5.94. The zero-order valence-corrected chi connectivity index (χ0v) is 11.3. The Hall–Kier alpha value is -0.860. The van der Waals surface area contributed by atoms with Gasteiger partial charge in [0.1, 0.15) is 0 Å². The van der Waals surface area contributed by atoms with E-state index in [-0.39, 0.29) is 11.2 Å². The number of hydrogen-bond donors (Lipinski definition) is 1. The monoisotopic (exact) mass is 253 g/mol. The first kappa shape index (κ1) is 14.2. The van der Waals surface area contributed by atoms with Crippen molar-refractivity contribution < 1.29 is 4.79 Å². The Labute approximate surface area is 108 Å². The molecule has 1 rings (SSSR count). The van der Waals surface area contributed by atoms with Crippen molar-refractivity contribution in [1.82, 2.24) is 0 Å². The number of Topliss-reactive ketones (excluding diaryl/α,β-unsaturated/α-hetero) is 1. The predicted molar refractivity (Wildman–Crippen MR) is 72.5 cm³/mol. The number of benzene rings is 1. The summed E-state index contributed by atoms with van der Waals surface area (Å²) in [6, 6.07) is 7.20. The van der Waals surface area contributed by atoms with Crippen LogP contribution in [0.15, 0.2) is 24.3 Å². The Morgan fingerprint density at radius 3 is 2.53 bits per heavy atom. The minimum atomic E-state index is 0.112. The number of ketones is 1. The van der Waals surface area contributed by atoms with Gasteiger partial charge < -0.3 is 5.73 Å². The van der Waals surface area contributed by atoms with Gasteiger partial charge in [-0.05, 0) is 36.9 Å². The van der Waals surface area contributed by atoms with Gasteiger partial charge in [-0.25, -0.2) is 0 Å². The lowest BCUT2D eigenvalue weighted by molar-refractivity contribution is 0.0962. The molecule has 0 radical (unpaired) electrons. The minimum absolute atomic E-state index is 0.112. The van der Waals surface area contributed by atoms with Crippen molar-refractivity contribution in [2.45, 2.75) is 33.1 Å². The van der Waals surface area contributed by atoms with Gasteiger partial charge in [0.2, 0.25) is 0 Å². The van der Waals surface area contributed by atoms with Crippen molar-refractivity contribution in [2.24, 2.45) is 11.1 Å². The molecule has 2 N–H and O–H groups in total. The fourth-order valence-electron chi connectivity index (χ4n) is 1.79. The summed E-state index contributed by atoms with van der Waals surface area (Å²) in [5.41, 5.74) is 6.29. The number of rotatable bonds is 6. The molecular weight excluding hydrogens is 234 g/mol. The summed E-state index contributed by atoms with van der Waals surface area (Å²) in [6.45, 7) is 4.94. The van der Waals surface area contributed by atoms with E-state index in [0.29, 0.717) is 23.6 Å². The van der Waals surface area contributed by atoms with E-state index in [1.807, 2.05) is 12.1 Å². The second-order valence-corrected chi connectivity index (χ2v) is 5.51. The summed E-state index contributed by atoms with van der Waals surface area (Å²) in [5, 5.41) is 0.536. The highest BCUT2D eigenvalue weighted by molar-refractivity contribution is 6.33. The summed E-state index contributed by atoms with van der Waals surface area (Å²) >= 11 is 5.99. The molecule has 0 spiro atoms. The fourth-order valence-corrected chi connectivity index (χ4v) is 2.03. The molecule has 17 heavy (non-hydrogen) atoms. The number of carbonyl (C=O) groups is 1. The van der Waals surface area contributed by atoms with E-state index in [2.05, 4.69) is 13.8 Å². The van der Waals surface area contributed by atoms with E-state index in [1.165, 1.54) is 0 Å². The summed E-state index contributed by atoms with van der Waals surface area (Å²) in [7, 11) is 0. The van der Waals surface area contributed by atoms with Gasteiger partial charge in [-0.15, -0.1) is 0 Å². The van der Waals surface area contributed by atoms with Gasteiger partial charge in [0.25, 0.3) is 0 Å². The van der Waals surface area contributed by atoms with Crippen LogP contribution in [-0.2, 0) is 0 Å². The van der Waals surface area contributed by atoms with Crippen LogP contribution in [0, 0.1) is 5.41 Å². The maximum Gasteiger partial charge on any atom is 0.164 e. The molecular formula is C14H20ClNO. The van der Waals surface area contributed by atoms with Crippen LogP contribution in [0.2, 0.25) is 5.02 Å². The number of nitrogens with two attached hydrogens (primary N) is 1. The highest BCUT2D eigenvalue weighted by atomic mass is 35.5. The van der Waals surface area contributed by atoms with Gasteiger partial charge in [0.05, 0.1) is 5.02 Å². The highest BCUT2D eigenvalue weighted by Gasteiger charge is 2.19. The van der Waals surface area contributed by atoms with Crippen molar-refractivity contribution in [1.29, 1.82) is 0 Å². The van der Waals surface area contributed by atoms with Crippen molar-refractivity contribution in [3.63, 3.8) is 0 Å². The van der Waals surface area contributed by atoms with Crippen LogP contribution in [0.3, 0.4) is 0 Å². The first-order valence-corrected chi connectivity index (χ1v) is 6.32. The maximum atomic E-state index is 12.0. The molecule has 1 aromatic rings. The molecule has 94 valence electrons. The Kier molecular flexibility index (Phi) is 5.16. The molecule has 1 aromatic carbocycles. The van der Waals surface area contributed by atoms with E-state index in [9.17, 15) is 4.79 Å². The van der Waals surface area contributed by atoms with E-state index in [1.54, 1.807) is 12.1 Å². The van der Waals surface area contributed by atoms with E-state index in [0.717, 1.165) is 12.8 Å². The summed E-state index contributed by atoms with van der Waals surface area (Å²) < 4.78 is 0. The average Bonchev–Trinajstić information content (AvgIpc) is 2.27. The summed E-state index contributed by atoms with van der Waals surface area (Å²) in [6.07, 6.45) is 2.30. The third kappa shape index (κ3) is 4.49. The largest absolute Gasteiger partial charge is 0.330 e. The normalized spacial score (nSPS) is 11.5. The number of hydrogen-bond acceptors (Lipinski definition) is 2.